The van der Waals surface area contributed by atoms with E-state index in [-0.39, 0.29) is 18.8 Å². The first kappa shape index (κ1) is 13.5. The number of benzene rings is 1. The lowest BCUT2D eigenvalue weighted by Gasteiger charge is -2.21. The van der Waals surface area contributed by atoms with E-state index < -0.39 is 10.9 Å². The van der Waals surface area contributed by atoms with Crippen molar-refractivity contribution in [2.45, 2.75) is 6.92 Å². The molecule has 0 atom stereocenters. The Morgan fingerprint density at radius 1 is 1.61 bits per heavy atom. The third-order valence-electron chi connectivity index (χ3n) is 2.35. The molecule has 18 heavy (non-hydrogen) atoms. The third kappa shape index (κ3) is 3.22. The largest absolute Gasteiger partial charge is 0.480 e. The summed E-state index contributed by atoms with van der Waals surface area (Å²) in [7, 11) is 0. The molecule has 0 fully saturated rings. The number of nitro groups is 1. The van der Waals surface area contributed by atoms with E-state index in [1.165, 1.54) is 17.0 Å². The second kappa shape index (κ2) is 5.68. The first-order chi connectivity index (χ1) is 8.45. The van der Waals surface area contributed by atoms with Crippen molar-refractivity contribution in [3.05, 3.63) is 33.9 Å². The van der Waals surface area contributed by atoms with Gasteiger partial charge in [-0.05, 0) is 12.5 Å². The molecule has 0 saturated heterocycles. The molecule has 94 valence electrons. The number of hydrogen-bond donors (Lipinski definition) is 1. The Bertz CT molecular complexity index is 519. The minimum absolute atomic E-state index is 0.0777. The summed E-state index contributed by atoms with van der Waals surface area (Å²) in [5.41, 5.74) is 1.10. The number of nitro benzene ring substituents is 1. The zero-order valence-electron chi connectivity index (χ0n) is 9.79. The quantitative estimate of drug-likeness (QED) is 0.484. The first-order valence-corrected chi connectivity index (χ1v) is 5.11. The van der Waals surface area contributed by atoms with Gasteiger partial charge in [0.05, 0.1) is 11.5 Å². The number of rotatable bonds is 5. The number of aliphatic carboxylic acids is 1. The number of terminal acetylenes is 1. The molecule has 0 aliphatic heterocycles. The standard InChI is InChI=1S/C12H12N2O4/c1-3-6-13(8-12(15)16)11-7-10(14(17)18)5-4-9(11)2/h1,4-5,7H,6,8H2,2H3,(H,15,16). The molecule has 0 spiro atoms. The van der Waals surface area contributed by atoms with Crippen molar-refractivity contribution in [3.8, 4) is 12.3 Å². The van der Waals surface area contributed by atoms with Crippen molar-refractivity contribution >= 4 is 17.3 Å². The lowest BCUT2D eigenvalue weighted by Crippen LogP contribution is -2.30. The van der Waals surface area contributed by atoms with Gasteiger partial charge in [-0.1, -0.05) is 12.0 Å². The summed E-state index contributed by atoms with van der Waals surface area (Å²) in [4.78, 5) is 22.3. The van der Waals surface area contributed by atoms with Crippen molar-refractivity contribution in [1.29, 1.82) is 0 Å². The van der Waals surface area contributed by atoms with E-state index in [4.69, 9.17) is 11.5 Å². The molecule has 1 aromatic carbocycles. The summed E-state index contributed by atoms with van der Waals surface area (Å²) in [6.07, 6.45) is 5.17. The number of carboxylic acid groups (broad SMARTS) is 1. The van der Waals surface area contributed by atoms with Crippen molar-refractivity contribution in [1.82, 2.24) is 0 Å². The summed E-state index contributed by atoms with van der Waals surface area (Å²) in [6, 6.07) is 4.27. The highest BCUT2D eigenvalue weighted by molar-refractivity contribution is 5.75. The Kier molecular flexibility index (Phi) is 4.27. The van der Waals surface area contributed by atoms with Gasteiger partial charge in [0.1, 0.15) is 6.54 Å². The van der Waals surface area contributed by atoms with Gasteiger partial charge in [0.2, 0.25) is 0 Å². The van der Waals surface area contributed by atoms with E-state index in [0.717, 1.165) is 5.56 Å². The van der Waals surface area contributed by atoms with E-state index in [1.807, 2.05) is 0 Å². The molecule has 0 unspecified atom stereocenters. The normalized spacial score (nSPS) is 9.56. The zero-order chi connectivity index (χ0) is 13.7. The average molecular weight is 248 g/mol. The zero-order valence-corrected chi connectivity index (χ0v) is 9.79. The van der Waals surface area contributed by atoms with Crippen LogP contribution in [0.5, 0.6) is 0 Å². The van der Waals surface area contributed by atoms with Gasteiger partial charge >= 0.3 is 5.97 Å². The third-order valence-corrected chi connectivity index (χ3v) is 2.35. The highest BCUT2D eigenvalue weighted by Gasteiger charge is 2.15. The number of anilines is 1. The van der Waals surface area contributed by atoms with Crippen LogP contribution in [0.4, 0.5) is 11.4 Å². The average Bonchev–Trinajstić information content (AvgIpc) is 2.28. The van der Waals surface area contributed by atoms with Crippen molar-refractivity contribution < 1.29 is 14.8 Å². The molecule has 1 aromatic rings. The van der Waals surface area contributed by atoms with Crippen molar-refractivity contribution in [2.24, 2.45) is 0 Å². The number of aryl methyl sites for hydroxylation is 1. The molecule has 0 saturated carbocycles. The maximum absolute atomic E-state index is 10.7. The Morgan fingerprint density at radius 2 is 2.28 bits per heavy atom. The summed E-state index contributed by atoms with van der Waals surface area (Å²) in [6.45, 7) is 1.52. The van der Waals surface area contributed by atoms with Gasteiger partial charge in [0.15, 0.2) is 0 Å². The summed E-state index contributed by atoms with van der Waals surface area (Å²) in [5, 5.41) is 19.5. The van der Waals surface area contributed by atoms with Gasteiger partial charge in [-0.15, -0.1) is 6.42 Å². The summed E-state index contributed by atoms with van der Waals surface area (Å²) >= 11 is 0. The van der Waals surface area contributed by atoms with Crippen LogP contribution in [0, 0.1) is 29.4 Å². The van der Waals surface area contributed by atoms with E-state index in [1.54, 1.807) is 13.0 Å². The molecular formula is C12H12N2O4. The Morgan fingerprint density at radius 3 is 2.78 bits per heavy atom. The van der Waals surface area contributed by atoms with Crippen molar-refractivity contribution in [3.63, 3.8) is 0 Å². The lowest BCUT2D eigenvalue weighted by atomic mass is 10.1. The van der Waals surface area contributed by atoms with Crippen LogP contribution in [0.3, 0.4) is 0 Å². The van der Waals surface area contributed by atoms with Crippen LogP contribution < -0.4 is 4.90 Å². The molecule has 1 rings (SSSR count). The summed E-state index contributed by atoms with van der Waals surface area (Å²) in [5.74, 6) is 1.30. The second-order valence-electron chi connectivity index (χ2n) is 3.68. The molecule has 6 nitrogen and oxygen atoms in total. The second-order valence-corrected chi connectivity index (χ2v) is 3.68. The molecule has 0 amide bonds. The molecular weight excluding hydrogens is 236 g/mol. The lowest BCUT2D eigenvalue weighted by molar-refractivity contribution is -0.384. The predicted molar refractivity (Wildman–Crippen MR) is 66.5 cm³/mol. The van der Waals surface area contributed by atoms with E-state index in [9.17, 15) is 14.9 Å². The highest BCUT2D eigenvalue weighted by Crippen LogP contribution is 2.25. The molecule has 0 radical (unpaired) electrons. The van der Waals surface area contributed by atoms with Crippen LogP contribution in [0.25, 0.3) is 0 Å². The van der Waals surface area contributed by atoms with Crippen LogP contribution in [0.1, 0.15) is 5.56 Å². The number of carbonyl (C=O) groups is 1. The number of nitrogens with zero attached hydrogens (tertiary/aromatic N) is 2. The van der Waals surface area contributed by atoms with Gasteiger partial charge in [-0.25, -0.2) is 0 Å². The Balaban J connectivity index is 3.17. The number of non-ortho nitro benzene ring substituents is 1. The fourth-order valence-electron chi connectivity index (χ4n) is 1.55. The van der Waals surface area contributed by atoms with Gasteiger partial charge in [-0.3, -0.25) is 14.9 Å². The van der Waals surface area contributed by atoms with Crippen LogP contribution in [0.15, 0.2) is 18.2 Å². The van der Waals surface area contributed by atoms with E-state index in [0.29, 0.717) is 5.69 Å². The molecule has 0 aliphatic rings. The minimum atomic E-state index is -1.05. The van der Waals surface area contributed by atoms with E-state index >= 15 is 0 Å². The van der Waals surface area contributed by atoms with Crippen LogP contribution in [-0.2, 0) is 4.79 Å². The Hall–Kier alpha value is -2.55. The highest BCUT2D eigenvalue weighted by atomic mass is 16.6. The van der Waals surface area contributed by atoms with E-state index in [2.05, 4.69) is 5.92 Å². The SMILES string of the molecule is C#CCN(CC(=O)O)c1cc([N+](=O)[O-])ccc1C. The van der Waals surface area contributed by atoms with Crippen LogP contribution in [-0.4, -0.2) is 29.1 Å². The molecule has 6 heteroatoms. The van der Waals surface area contributed by atoms with Gasteiger partial charge in [0, 0.05) is 17.8 Å². The first-order valence-electron chi connectivity index (χ1n) is 5.11. The fourth-order valence-corrected chi connectivity index (χ4v) is 1.55. The van der Waals surface area contributed by atoms with Gasteiger partial charge in [-0.2, -0.15) is 0 Å². The van der Waals surface area contributed by atoms with Gasteiger partial charge in [0.25, 0.3) is 5.69 Å². The topological polar surface area (TPSA) is 83.7 Å². The monoisotopic (exact) mass is 248 g/mol. The fraction of sp³-hybridized carbons (Fsp3) is 0.250. The molecule has 0 aromatic heterocycles. The number of carboxylic acids is 1. The van der Waals surface area contributed by atoms with Crippen LogP contribution in [0.2, 0.25) is 0 Å². The Labute approximate surface area is 104 Å². The van der Waals surface area contributed by atoms with Crippen molar-refractivity contribution in [2.75, 3.05) is 18.0 Å². The minimum Gasteiger partial charge on any atom is -0.480 e. The molecule has 0 heterocycles. The smallest absolute Gasteiger partial charge is 0.323 e. The summed E-state index contributed by atoms with van der Waals surface area (Å²) < 4.78 is 0. The number of hydrogen-bond acceptors (Lipinski definition) is 4. The predicted octanol–water partition coefficient (Wildman–Crippen LogP) is 1.43. The maximum Gasteiger partial charge on any atom is 0.323 e. The molecule has 0 aliphatic carbocycles. The van der Waals surface area contributed by atoms with Crippen LogP contribution >= 0.6 is 0 Å². The molecule has 0 bridgehead atoms. The molecule has 1 N–H and O–H groups in total. The van der Waals surface area contributed by atoms with Gasteiger partial charge < -0.3 is 10.0 Å². The maximum atomic E-state index is 10.7.